The van der Waals surface area contributed by atoms with Crippen molar-refractivity contribution in [1.82, 2.24) is 4.98 Å². The molecule has 0 aliphatic heterocycles. The average molecular weight is 429 g/mol. The highest BCUT2D eigenvalue weighted by atomic mass is 32.2. The molecule has 0 aliphatic carbocycles. The molecule has 2 aromatic rings. The van der Waals surface area contributed by atoms with Gasteiger partial charge in [-0.3, -0.25) is 9.78 Å². The summed E-state index contributed by atoms with van der Waals surface area (Å²) in [5.74, 6) is 0.294. The summed E-state index contributed by atoms with van der Waals surface area (Å²) in [6.45, 7) is 4.49. The van der Waals surface area contributed by atoms with Gasteiger partial charge in [-0.2, -0.15) is 0 Å². The van der Waals surface area contributed by atoms with E-state index in [1.807, 2.05) is 18.3 Å². The van der Waals surface area contributed by atoms with Gasteiger partial charge in [-0.1, -0.05) is 78.1 Å². The Morgan fingerprint density at radius 2 is 1.57 bits per heavy atom. The molecule has 0 saturated heterocycles. The first-order valence-electron chi connectivity index (χ1n) is 11.9. The smallest absolute Gasteiger partial charge is 0.227 e. The van der Waals surface area contributed by atoms with E-state index in [4.69, 9.17) is 0 Å². The van der Waals surface area contributed by atoms with Crippen molar-refractivity contribution in [2.24, 2.45) is 5.92 Å². The fourth-order valence-corrected chi connectivity index (χ4v) is 4.62. The molecule has 1 amide bonds. The number of thioether (sulfide) groups is 1. The summed E-state index contributed by atoms with van der Waals surface area (Å²) in [6.07, 6.45) is 18.3. The second kappa shape index (κ2) is 14.5. The van der Waals surface area contributed by atoms with Gasteiger partial charge < -0.3 is 5.32 Å². The average Bonchev–Trinajstić information content (AvgIpc) is 2.77. The van der Waals surface area contributed by atoms with E-state index in [0.29, 0.717) is 0 Å². The van der Waals surface area contributed by atoms with E-state index in [9.17, 15) is 4.79 Å². The lowest BCUT2D eigenvalue weighted by Crippen LogP contribution is -2.23. The van der Waals surface area contributed by atoms with Crippen molar-refractivity contribution in [3.63, 3.8) is 0 Å². The molecule has 0 radical (unpaired) electrons. The number of carbonyl (C=O) groups is 1. The molecule has 0 saturated carbocycles. The Labute approximate surface area is 187 Å². The number of anilines is 1. The fourth-order valence-electron chi connectivity index (χ4n) is 4.05. The first-order valence-corrected chi connectivity index (χ1v) is 13.2. The lowest BCUT2D eigenvalue weighted by molar-refractivity contribution is -0.120. The maximum atomic E-state index is 13.3. The second-order valence-electron chi connectivity index (χ2n) is 8.30. The summed E-state index contributed by atoms with van der Waals surface area (Å²) in [7, 11) is 0. The fraction of sp³-hybridized carbons (Fsp3) is 0.615. The summed E-state index contributed by atoms with van der Waals surface area (Å²) in [4.78, 5) is 18.9. The third-order valence-electron chi connectivity index (χ3n) is 5.90. The molecule has 1 aromatic carbocycles. The lowest BCUT2D eigenvalue weighted by Gasteiger charge is -2.19. The number of fused-ring (bicyclic) bond motifs is 1. The molecule has 0 bridgehead atoms. The van der Waals surface area contributed by atoms with Gasteiger partial charge in [0.2, 0.25) is 5.91 Å². The molecule has 3 nitrogen and oxygen atoms in total. The van der Waals surface area contributed by atoms with Crippen molar-refractivity contribution in [3.8, 4) is 0 Å². The predicted octanol–water partition coefficient (Wildman–Crippen LogP) is 8.23. The quantitative estimate of drug-likeness (QED) is 0.229. The highest BCUT2D eigenvalue weighted by molar-refractivity contribution is 7.98. The van der Waals surface area contributed by atoms with Crippen LogP contribution in [0.2, 0.25) is 0 Å². The van der Waals surface area contributed by atoms with Gasteiger partial charge in [0.25, 0.3) is 0 Å². The molecule has 166 valence electrons. The minimum absolute atomic E-state index is 0.106. The number of nitrogens with zero attached hydrogens (tertiary/aromatic N) is 1. The van der Waals surface area contributed by atoms with Gasteiger partial charge in [0, 0.05) is 22.4 Å². The second-order valence-corrected chi connectivity index (χ2v) is 9.15. The molecule has 1 N–H and O–H groups in total. The molecule has 0 spiro atoms. The van der Waals surface area contributed by atoms with Crippen LogP contribution >= 0.6 is 11.8 Å². The van der Waals surface area contributed by atoms with E-state index in [1.54, 1.807) is 11.8 Å². The van der Waals surface area contributed by atoms with Crippen molar-refractivity contribution < 1.29 is 4.79 Å². The number of carbonyl (C=O) groups excluding carboxylic acids is 1. The van der Waals surface area contributed by atoms with E-state index in [1.165, 1.54) is 51.4 Å². The van der Waals surface area contributed by atoms with Gasteiger partial charge in [0.05, 0.1) is 11.2 Å². The largest absolute Gasteiger partial charge is 0.324 e. The van der Waals surface area contributed by atoms with Gasteiger partial charge in [0.15, 0.2) is 0 Å². The van der Waals surface area contributed by atoms with E-state index in [0.717, 1.165) is 47.2 Å². The normalized spacial score (nSPS) is 11.3. The van der Waals surface area contributed by atoms with E-state index < -0.39 is 0 Å². The van der Waals surface area contributed by atoms with Crippen LogP contribution in [-0.2, 0) is 4.79 Å². The summed E-state index contributed by atoms with van der Waals surface area (Å²) >= 11 is 1.68. The highest BCUT2D eigenvalue weighted by Crippen LogP contribution is 2.33. The number of rotatable bonds is 15. The SMILES string of the molecule is CCCCCCCC(CCCCCCC)C(=O)Nc1c(SC)ccc2ncccc12. The van der Waals surface area contributed by atoms with Crippen LogP contribution < -0.4 is 5.32 Å². The summed E-state index contributed by atoms with van der Waals surface area (Å²) in [5, 5.41) is 4.34. The third-order valence-corrected chi connectivity index (χ3v) is 6.68. The van der Waals surface area contributed by atoms with Crippen molar-refractivity contribution in [2.75, 3.05) is 11.6 Å². The Kier molecular flexibility index (Phi) is 11.9. The number of benzene rings is 1. The Morgan fingerprint density at radius 3 is 2.17 bits per heavy atom. The maximum Gasteiger partial charge on any atom is 0.227 e. The molecule has 2 rings (SSSR count). The number of aromatic nitrogens is 1. The first kappa shape index (κ1) is 24.7. The van der Waals surface area contributed by atoms with Crippen LogP contribution in [-0.4, -0.2) is 17.1 Å². The number of amides is 1. The molecular formula is C26H40N2OS. The van der Waals surface area contributed by atoms with E-state index in [-0.39, 0.29) is 11.8 Å². The minimum atomic E-state index is 0.106. The molecule has 0 unspecified atom stereocenters. The molecule has 4 heteroatoms. The molecule has 1 aromatic heterocycles. The molecule has 1 heterocycles. The van der Waals surface area contributed by atoms with Crippen molar-refractivity contribution >= 4 is 34.3 Å². The molecular weight excluding hydrogens is 388 g/mol. The Morgan fingerprint density at radius 1 is 0.933 bits per heavy atom. The zero-order chi connectivity index (χ0) is 21.6. The standard InChI is InChI=1S/C26H40N2OS/c1-4-6-8-10-12-15-21(16-13-11-9-7-5-2)26(29)28-25-22-17-14-20-27-23(22)18-19-24(25)30-3/h14,17-21H,4-13,15-16H2,1-3H3,(H,28,29). The van der Waals surface area contributed by atoms with Gasteiger partial charge in [0.1, 0.15) is 0 Å². The summed E-state index contributed by atoms with van der Waals surface area (Å²) in [5.41, 5.74) is 1.86. The minimum Gasteiger partial charge on any atom is -0.324 e. The monoisotopic (exact) mass is 428 g/mol. The third kappa shape index (κ3) is 7.94. The van der Waals surface area contributed by atoms with Gasteiger partial charge in [-0.05, 0) is 43.4 Å². The van der Waals surface area contributed by atoms with Crippen LogP contribution in [0.1, 0.15) is 90.9 Å². The van der Waals surface area contributed by atoms with Crippen molar-refractivity contribution in [3.05, 3.63) is 30.5 Å². The van der Waals surface area contributed by atoms with E-state index >= 15 is 0 Å². The van der Waals surface area contributed by atoms with Crippen LogP contribution in [0.25, 0.3) is 10.9 Å². The highest BCUT2D eigenvalue weighted by Gasteiger charge is 2.20. The zero-order valence-electron chi connectivity index (χ0n) is 19.2. The van der Waals surface area contributed by atoms with Crippen molar-refractivity contribution in [1.29, 1.82) is 0 Å². The van der Waals surface area contributed by atoms with E-state index in [2.05, 4.69) is 42.5 Å². The predicted molar refractivity (Wildman–Crippen MR) is 132 cm³/mol. The molecule has 0 aliphatic rings. The van der Waals surface area contributed by atoms with Gasteiger partial charge in [-0.25, -0.2) is 0 Å². The van der Waals surface area contributed by atoms with Gasteiger partial charge in [-0.15, -0.1) is 11.8 Å². The van der Waals surface area contributed by atoms with Crippen LogP contribution in [0, 0.1) is 5.92 Å². The number of hydrogen-bond donors (Lipinski definition) is 1. The summed E-state index contributed by atoms with van der Waals surface area (Å²) in [6, 6.07) is 8.11. The van der Waals surface area contributed by atoms with Crippen LogP contribution in [0.3, 0.4) is 0 Å². The summed E-state index contributed by atoms with van der Waals surface area (Å²) < 4.78 is 0. The Bertz CT molecular complexity index is 748. The lowest BCUT2D eigenvalue weighted by atomic mass is 9.93. The number of pyridine rings is 1. The molecule has 30 heavy (non-hydrogen) atoms. The number of unbranched alkanes of at least 4 members (excludes halogenated alkanes) is 8. The maximum absolute atomic E-state index is 13.3. The number of nitrogens with one attached hydrogen (secondary N) is 1. The number of hydrogen-bond acceptors (Lipinski definition) is 3. The van der Waals surface area contributed by atoms with Gasteiger partial charge >= 0.3 is 0 Å². The Balaban J connectivity index is 2.07. The molecule has 0 atom stereocenters. The zero-order valence-corrected chi connectivity index (χ0v) is 20.0. The Hall–Kier alpha value is -1.55. The van der Waals surface area contributed by atoms with Crippen LogP contribution in [0.4, 0.5) is 5.69 Å². The molecule has 0 fully saturated rings. The van der Waals surface area contributed by atoms with Crippen molar-refractivity contribution in [2.45, 2.75) is 95.8 Å². The topological polar surface area (TPSA) is 42.0 Å². The first-order chi connectivity index (χ1) is 14.7. The van der Waals surface area contributed by atoms with Crippen LogP contribution in [0.5, 0.6) is 0 Å². The van der Waals surface area contributed by atoms with Crippen LogP contribution in [0.15, 0.2) is 35.4 Å².